The minimum Gasteiger partial charge on any atom is -0.314 e. The molecule has 1 saturated carbocycles. The maximum Gasteiger partial charge on any atom is 0.211 e. The Hall–Kier alpha value is -0.130. The lowest BCUT2D eigenvalue weighted by molar-refractivity contribution is 0.260. The predicted molar refractivity (Wildman–Crippen MR) is 74.0 cm³/mol. The first-order chi connectivity index (χ1) is 8.57. The van der Waals surface area contributed by atoms with Crippen molar-refractivity contribution in [3.8, 4) is 0 Å². The Labute approximate surface area is 111 Å². The highest BCUT2D eigenvalue weighted by atomic mass is 32.2. The van der Waals surface area contributed by atoms with Gasteiger partial charge in [0.2, 0.25) is 10.0 Å². The lowest BCUT2D eigenvalue weighted by atomic mass is 9.81. The van der Waals surface area contributed by atoms with Gasteiger partial charge < -0.3 is 5.32 Å². The predicted octanol–water partition coefficient (Wildman–Crippen LogP) is 1.63. The summed E-state index contributed by atoms with van der Waals surface area (Å²) in [6.45, 7) is 3.04. The number of rotatable bonds is 6. The molecule has 0 aromatic rings. The Bertz CT molecular complexity index is 346. The average molecular weight is 274 g/mol. The largest absolute Gasteiger partial charge is 0.314 e. The summed E-state index contributed by atoms with van der Waals surface area (Å²) < 4.78 is 26.8. The molecule has 0 radical (unpaired) electrons. The fraction of sp³-hybridized carbons (Fsp3) is 1.00. The van der Waals surface area contributed by atoms with E-state index in [4.69, 9.17) is 0 Å². The Morgan fingerprint density at radius 3 is 2.56 bits per heavy atom. The van der Waals surface area contributed by atoms with Gasteiger partial charge in [-0.3, -0.25) is 0 Å². The molecule has 2 atom stereocenters. The lowest BCUT2D eigenvalue weighted by Gasteiger charge is -2.32. The van der Waals surface area contributed by atoms with E-state index in [2.05, 4.69) is 10.0 Å². The molecule has 1 aliphatic carbocycles. The normalized spacial score (nSPS) is 27.7. The third-order valence-corrected chi connectivity index (χ3v) is 5.87. The van der Waals surface area contributed by atoms with Crippen molar-refractivity contribution in [1.29, 1.82) is 0 Å². The average Bonchev–Trinajstić information content (AvgIpc) is 2.25. The zero-order chi connectivity index (χ0) is 13.0. The second kappa shape index (κ2) is 6.35. The summed E-state index contributed by atoms with van der Waals surface area (Å²) in [6.07, 6.45) is 7.91. The van der Waals surface area contributed by atoms with E-state index < -0.39 is 10.0 Å². The van der Waals surface area contributed by atoms with Crippen molar-refractivity contribution in [1.82, 2.24) is 10.0 Å². The van der Waals surface area contributed by atoms with Crippen LogP contribution in [-0.4, -0.2) is 32.8 Å². The van der Waals surface area contributed by atoms with E-state index in [-0.39, 0.29) is 11.8 Å². The molecule has 2 aliphatic rings. The highest BCUT2D eigenvalue weighted by Gasteiger charge is 2.27. The minimum atomic E-state index is -3.09. The molecule has 18 heavy (non-hydrogen) atoms. The Morgan fingerprint density at radius 1 is 1.22 bits per heavy atom. The van der Waals surface area contributed by atoms with Crippen LogP contribution in [0.25, 0.3) is 0 Å². The van der Waals surface area contributed by atoms with Crippen LogP contribution >= 0.6 is 0 Å². The van der Waals surface area contributed by atoms with Gasteiger partial charge in [0.15, 0.2) is 0 Å². The van der Waals surface area contributed by atoms with Crippen LogP contribution in [0.15, 0.2) is 0 Å². The second-order valence-corrected chi connectivity index (χ2v) is 7.73. The van der Waals surface area contributed by atoms with Gasteiger partial charge in [0.05, 0.1) is 5.75 Å². The molecule has 1 aliphatic heterocycles. The van der Waals surface area contributed by atoms with Gasteiger partial charge in [-0.25, -0.2) is 13.1 Å². The van der Waals surface area contributed by atoms with Crippen LogP contribution in [0.5, 0.6) is 0 Å². The lowest BCUT2D eigenvalue weighted by Crippen LogP contribution is -2.43. The van der Waals surface area contributed by atoms with Crippen LogP contribution in [-0.2, 0) is 10.0 Å². The Kier molecular flexibility index (Phi) is 5.04. The molecule has 2 fully saturated rings. The van der Waals surface area contributed by atoms with Gasteiger partial charge in [0.25, 0.3) is 0 Å². The van der Waals surface area contributed by atoms with E-state index in [0.29, 0.717) is 12.0 Å². The number of piperidine rings is 1. The maximum absolute atomic E-state index is 12.0. The van der Waals surface area contributed by atoms with Crippen molar-refractivity contribution in [3.63, 3.8) is 0 Å². The molecule has 2 N–H and O–H groups in total. The van der Waals surface area contributed by atoms with Crippen LogP contribution in [0.4, 0.5) is 0 Å². The van der Waals surface area contributed by atoms with Crippen LogP contribution in [0.3, 0.4) is 0 Å². The highest BCUT2D eigenvalue weighted by molar-refractivity contribution is 7.89. The first kappa shape index (κ1) is 14.3. The molecule has 106 valence electrons. The molecule has 2 unspecified atom stereocenters. The van der Waals surface area contributed by atoms with Gasteiger partial charge >= 0.3 is 0 Å². The molecule has 0 aromatic carbocycles. The van der Waals surface area contributed by atoms with Crippen molar-refractivity contribution in [3.05, 3.63) is 0 Å². The molecule has 1 heterocycles. The van der Waals surface area contributed by atoms with Crippen LogP contribution in [0.2, 0.25) is 0 Å². The standard InChI is InChI=1S/C13H26N2O2S/c1-11(12-5-4-6-12)15-18(16,17)10-8-13-7-2-3-9-14-13/h11-15H,2-10H2,1H3. The summed E-state index contributed by atoms with van der Waals surface area (Å²) in [6, 6.07) is 0.511. The van der Waals surface area contributed by atoms with Crippen molar-refractivity contribution in [2.75, 3.05) is 12.3 Å². The molecule has 0 aromatic heterocycles. The van der Waals surface area contributed by atoms with Crippen molar-refractivity contribution in [2.24, 2.45) is 5.92 Å². The minimum absolute atomic E-state index is 0.114. The first-order valence-electron chi connectivity index (χ1n) is 7.30. The highest BCUT2D eigenvalue weighted by Crippen LogP contribution is 2.29. The molecule has 0 spiro atoms. The van der Waals surface area contributed by atoms with E-state index >= 15 is 0 Å². The summed E-state index contributed by atoms with van der Waals surface area (Å²) in [5, 5.41) is 3.40. The topological polar surface area (TPSA) is 58.2 Å². The van der Waals surface area contributed by atoms with Gasteiger partial charge in [0.1, 0.15) is 0 Å². The van der Waals surface area contributed by atoms with Crippen LogP contribution in [0.1, 0.15) is 51.9 Å². The number of sulfonamides is 1. The van der Waals surface area contributed by atoms with E-state index in [9.17, 15) is 8.42 Å². The summed E-state index contributed by atoms with van der Waals surface area (Å²) in [7, 11) is -3.09. The van der Waals surface area contributed by atoms with Gasteiger partial charge in [-0.15, -0.1) is 0 Å². The van der Waals surface area contributed by atoms with Crippen molar-refractivity contribution >= 4 is 10.0 Å². The fourth-order valence-electron chi connectivity index (χ4n) is 2.85. The SMILES string of the molecule is CC(NS(=O)(=O)CCC1CCCCN1)C1CCC1. The van der Waals surface area contributed by atoms with Gasteiger partial charge in [-0.05, 0) is 51.5 Å². The molecule has 0 bridgehead atoms. The van der Waals surface area contributed by atoms with E-state index in [1.54, 1.807) is 0 Å². The number of hydrogen-bond acceptors (Lipinski definition) is 3. The van der Waals surface area contributed by atoms with Gasteiger partial charge in [-0.1, -0.05) is 12.8 Å². The molecule has 4 nitrogen and oxygen atoms in total. The molecule has 0 amide bonds. The summed E-state index contributed by atoms with van der Waals surface area (Å²) >= 11 is 0. The zero-order valence-electron chi connectivity index (χ0n) is 11.3. The first-order valence-corrected chi connectivity index (χ1v) is 8.95. The smallest absolute Gasteiger partial charge is 0.211 e. The van der Waals surface area contributed by atoms with Crippen LogP contribution in [0, 0.1) is 5.92 Å². The molecular weight excluding hydrogens is 248 g/mol. The quantitative estimate of drug-likeness (QED) is 0.774. The van der Waals surface area contributed by atoms with Gasteiger partial charge in [0, 0.05) is 12.1 Å². The third-order valence-electron chi connectivity index (χ3n) is 4.37. The van der Waals surface area contributed by atoms with Gasteiger partial charge in [-0.2, -0.15) is 0 Å². The molecular formula is C13H26N2O2S. The monoisotopic (exact) mass is 274 g/mol. The third kappa shape index (κ3) is 4.21. The van der Waals surface area contributed by atoms with Crippen LogP contribution < -0.4 is 10.0 Å². The molecule has 1 saturated heterocycles. The summed E-state index contributed by atoms with van der Waals surface area (Å²) in [4.78, 5) is 0. The van der Waals surface area contributed by atoms with E-state index in [0.717, 1.165) is 19.4 Å². The number of nitrogens with one attached hydrogen (secondary N) is 2. The van der Waals surface area contributed by atoms with Crippen molar-refractivity contribution < 1.29 is 8.42 Å². The number of hydrogen-bond donors (Lipinski definition) is 2. The fourth-order valence-corrected chi connectivity index (χ4v) is 4.32. The second-order valence-electron chi connectivity index (χ2n) is 5.85. The Morgan fingerprint density at radius 2 is 2.00 bits per heavy atom. The van der Waals surface area contributed by atoms with E-state index in [1.807, 2.05) is 6.92 Å². The molecule has 2 rings (SSSR count). The Balaban J connectivity index is 1.72. The van der Waals surface area contributed by atoms with Crippen molar-refractivity contribution in [2.45, 2.75) is 64.0 Å². The zero-order valence-corrected chi connectivity index (χ0v) is 12.1. The summed E-state index contributed by atoms with van der Waals surface area (Å²) in [5.74, 6) is 0.828. The summed E-state index contributed by atoms with van der Waals surface area (Å²) in [5.41, 5.74) is 0. The van der Waals surface area contributed by atoms with E-state index in [1.165, 1.54) is 32.1 Å². The molecule has 5 heteroatoms. The maximum atomic E-state index is 12.0.